The van der Waals surface area contributed by atoms with E-state index in [4.69, 9.17) is 0 Å². The predicted octanol–water partition coefficient (Wildman–Crippen LogP) is -0.400. The molecular weight excluding hydrogens is 150 g/mol. The number of nitrogens with one attached hydrogen (secondary N) is 2. The third-order valence-electron chi connectivity index (χ3n) is 3.38. The molecule has 3 rings (SSSR count). The van der Waals surface area contributed by atoms with E-state index in [0.29, 0.717) is 0 Å². The Labute approximate surface area is 73.5 Å². The Balaban J connectivity index is 1.72. The normalized spacial score (nSPS) is 43.0. The number of nitrogens with zero attached hydrogens (tertiary/aromatic N) is 1. The standard InChI is InChI=1S/C9H17N3/c1-2-7(1)9-11-6-8-5-10-3-4-12(8)9/h7-11H,1-6H2. The van der Waals surface area contributed by atoms with Crippen molar-refractivity contribution in [2.24, 2.45) is 5.92 Å². The van der Waals surface area contributed by atoms with Crippen LogP contribution in [0.5, 0.6) is 0 Å². The first-order valence-electron chi connectivity index (χ1n) is 5.15. The summed E-state index contributed by atoms with van der Waals surface area (Å²) in [6.07, 6.45) is 3.64. The van der Waals surface area contributed by atoms with Crippen molar-refractivity contribution in [3.8, 4) is 0 Å². The SMILES string of the molecule is C1CN2C(CN1)CNC2C1CC1. The summed E-state index contributed by atoms with van der Waals surface area (Å²) in [5, 5.41) is 7.10. The van der Waals surface area contributed by atoms with Gasteiger partial charge in [-0.25, -0.2) is 0 Å². The van der Waals surface area contributed by atoms with Gasteiger partial charge in [-0.2, -0.15) is 0 Å². The van der Waals surface area contributed by atoms with Gasteiger partial charge in [0.15, 0.2) is 0 Å². The van der Waals surface area contributed by atoms with Crippen molar-refractivity contribution in [2.45, 2.75) is 25.0 Å². The number of hydrogen-bond acceptors (Lipinski definition) is 3. The van der Waals surface area contributed by atoms with Gasteiger partial charge in [-0.1, -0.05) is 0 Å². The molecule has 2 saturated heterocycles. The van der Waals surface area contributed by atoms with Gasteiger partial charge < -0.3 is 5.32 Å². The maximum absolute atomic E-state index is 3.65. The molecule has 2 N–H and O–H groups in total. The first-order valence-corrected chi connectivity index (χ1v) is 5.15. The van der Waals surface area contributed by atoms with E-state index in [9.17, 15) is 0 Å². The molecule has 3 nitrogen and oxygen atoms in total. The minimum absolute atomic E-state index is 0.733. The number of piperazine rings is 1. The molecule has 3 heteroatoms. The number of fused-ring (bicyclic) bond motifs is 1. The topological polar surface area (TPSA) is 27.3 Å². The lowest BCUT2D eigenvalue weighted by atomic mass is 10.2. The molecule has 0 aromatic rings. The number of rotatable bonds is 1. The van der Waals surface area contributed by atoms with Crippen molar-refractivity contribution in [1.82, 2.24) is 15.5 Å². The van der Waals surface area contributed by atoms with Crippen LogP contribution >= 0.6 is 0 Å². The van der Waals surface area contributed by atoms with Crippen LogP contribution in [0.1, 0.15) is 12.8 Å². The molecule has 68 valence electrons. The molecule has 0 amide bonds. The molecule has 0 radical (unpaired) electrons. The van der Waals surface area contributed by atoms with E-state index in [2.05, 4.69) is 15.5 Å². The molecule has 12 heavy (non-hydrogen) atoms. The highest BCUT2D eigenvalue weighted by Crippen LogP contribution is 2.36. The van der Waals surface area contributed by atoms with E-state index in [1.807, 2.05) is 0 Å². The largest absolute Gasteiger partial charge is 0.314 e. The summed E-state index contributed by atoms with van der Waals surface area (Å²) in [6.45, 7) is 4.82. The van der Waals surface area contributed by atoms with Gasteiger partial charge in [0.1, 0.15) is 0 Å². The Morgan fingerprint density at radius 1 is 1.17 bits per heavy atom. The van der Waals surface area contributed by atoms with E-state index in [1.165, 1.54) is 39.0 Å². The quantitative estimate of drug-likeness (QED) is 0.556. The highest BCUT2D eigenvalue weighted by molar-refractivity contribution is 4.97. The predicted molar refractivity (Wildman–Crippen MR) is 47.9 cm³/mol. The molecule has 1 saturated carbocycles. The lowest BCUT2D eigenvalue weighted by Gasteiger charge is -2.33. The van der Waals surface area contributed by atoms with Gasteiger partial charge >= 0.3 is 0 Å². The van der Waals surface area contributed by atoms with Crippen LogP contribution in [0.4, 0.5) is 0 Å². The Morgan fingerprint density at radius 3 is 2.92 bits per heavy atom. The van der Waals surface area contributed by atoms with Crippen LogP contribution in [0.2, 0.25) is 0 Å². The van der Waals surface area contributed by atoms with Crippen LogP contribution in [0.15, 0.2) is 0 Å². The fourth-order valence-electron chi connectivity index (χ4n) is 2.56. The highest BCUT2D eigenvalue weighted by Gasteiger charge is 2.42. The summed E-state index contributed by atoms with van der Waals surface area (Å²) in [4.78, 5) is 2.67. The van der Waals surface area contributed by atoms with Crippen molar-refractivity contribution in [1.29, 1.82) is 0 Å². The zero-order chi connectivity index (χ0) is 7.97. The third kappa shape index (κ3) is 1.08. The summed E-state index contributed by atoms with van der Waals surface area (Å²) in [5.41, 5.74) is 0. The van der Waals surface area contributed by atoms with Gasteiger partial charge in [-0.15, -0.1) is 0 Å². The summed E-state index contributed by atoms with van der Waals surface area (Å²) in [6, 6.07) is 0.782. The molecule has 0 spiro atoms. The maximum Gasteiger partial charge on any atom is 0.0630 e. The maximum atomic E-state index is 3.65. The zero-order valence-electron chi connectivity index (χ0n) is 7.42. The molecular formula is C9H17N3. The van der Waals surface area contributed by atoms with Gasteiger partial charge in [-0.3, -0.25) is 10.2 Å². The second-order valence-electron chi connectivity index (χ2n) is 4.29. The van der Waals surface area contributed by atoms with Gasteiger partial charge in [0.05, 0.1) is 6.17 Å². The van der Waals surface area contributed by atoms with Crippen molar-refractivity contribution in [3.05, 3.63) is 0 Å². The fourth-order valence-corrected chi connectivity index (χ4v) is 2.56. The summed E-state index contributed by atoms with van der Waals surface area (Å²) < 4.78 is 0. The van der Waals surface area contributed by atoms with Gasteiger partial charge in [0.2, 0.25) is 0 Å². The van der Waals surface area contributed by atoms with Crippen LogP contribution < -0.4 is 10.6 Å². The fraction of sp³-hybridized carbons (Fsp3) is 1.00. The van der Waals surface area contributed by atoms with Crippen LogP contribution in [0.3, 0.4) is 0 Å². The van der Waals surface area contributed by atoms with E-state index >= 15 is 0 Å². The van der Waals surface area contributed by atoms with Crippen molar-refractivity contribution in [2.75, 3.05) is 26.2 Å². The lowest BCUT2D eigenvalue weighted by molar-refractivity contribution is 0.145. The van der Waals surface area contributed by atoms with Crippen LogP contribution in [0, 0.1) is 5.92 Å². The average molecular weight is 167 g/mol. The van der Waals surface area contributed by atoms with Gasteiger partial charge in [0.25, 0.3) is 0 Å². The van der Waals surface area contributed by atoms with Crippen LogP contribution in [0.25, 0.3) is 0 Å². The van der Waals surface area contributed by atoms with Crippen molar-refractivity contribution in [3.63, 3.8) is 0 Å². The first-order chi connectivity index (χ1) is 5.95. The molecule has 2 atom stereocenters. The summed E-state index contributed by atoms with van der Waals surface area (Å²) in [5.74, 6) is 0.980. The monoisotopic (exact) mass is 167 g/mol. The van der Waals surface area contributed by atoms with E-state index in [1.54, 1.807) is 0 Å². The first kappa shape index (κ1) is 7.30. The Kier molecular flexibility index (Phi) is 1.63. The van der Waals surface area contributed by atoms with Crippen LogP contribution in [-0.4, -0.2) is 43.3 Å². The molecule has 1 aliphatic carbocycles. The molecule has 0 aromatic carbocycles. The minimum atomic E-state index is 0.733. The van der Waals surface area contributed by atoms with Crippen molar-refractivity contribution >= 4 is 0 Å². The average Bonchev–Trinajstić information content (AvgIpc) is 2.86. The second kappa shape index (κ2) is 2.69. The molecule has 2 unspecified atom stereocenters. The second-order valence-corrected chi connectivity index (χ2v) is 4.29. The molecule has 3 fully saturated rings. The molecule has 0 aromatic heterocycles. The smallest absolute Gasteiger partial charge is 0.0630 e. The summed E-state index contributed by atoms with van der Waals surface area (Å²) in [7, 11) is 0. The Morgan fingerprint density at radius 2 is 2.08 bits per heavy atom. The van der Waals surface area contributed by atoms with E-state index in [0.717, 1.165) is 18.1 Å². The minimum Gasteiger partial charge on any atom is -0.314 e. The highest BCUT2D eigenvalue weighted by atomic mass is 15.4. The lowest BCUT2D eigenvalue weighted by Crippen LogP contribution is -2.52. The van der Waals surface area contributed by atoms with Gasteiger partial charge in [0, 0.05) is 32.2 Å². The van der Waals surface area contributed by atoms with E-state index in [-0.39, 0.29) is 0 Å². The molecule has 2 aliphatic heterocycles. The van der Waals surface area contributed by atoms with E-state index < -0.39 is 0 Å². The third-order valence-corrected chi connectivity index (χ3v) is 3.38. The van der Waals surface area contributed by atoms with Crippen molar-refractivity contribution < 1.29 is 0 Å². The Bertz CT molecular complexity index is 179. The molecule has 3 aliphatic rings. The zero-order valence-corrected chi connectivity index (χ0v) is 7.42. The number of hydrogen-bond donors (Lipinski definition) is 2. The van der Waals surface area contributed by atoms with Crippen LogP contribution in [-0.2, 0) is 0 Å². The Hall–Kier alpha value is -0.120. The molecule has 0 bridgehead atoms. The van der Waals surface area contributed by atoms with Gasteiger partial charge in [-0.05, 0) is 18.8 Å². The summed E-state index contributed by atoms with van der Waals surface area (Å²) >= 11 is 0. The molecule has 2 heterocycles.